The molecule has 1 amide bonds. The number of unbranched alkanes of at least 4 members (excludes halogenated alkanes) is 34. The van der Waals surface area contributed by atoms with Gasteiger partial charge < -0.3 is 65.1 Å². The lowest BCUT2D eigenvalue weighted by Gasteiger charge is -2.46. The van der Waals surface area contributed by atoms with Crippen LogP contribution in [0.4, 0.5) is 0 Å². The average molecular weight is 1000 g/mol. The summed E-state index contributed by atoms with van der Waals surface area (Å²) in [6.07, 6.45) is 30.7. The zero-order chi connectivity index (χ0) is 51.0. The number of carbonyl (C=O) groups is 1. The fourth-order valence-corrected chi connectivity index (χ4v) is 10.1. The minimum absolute atomic E-state index is 0.208. The molecule has 14 nitrogen and oxygen atoms in total. The van der Waals surface area contributed by atoms with Gasteiger partial charge in [-0.3, -0.25) is 4.79 Å². The molecule has 0 radical (unpaired) electrons. The third-order valence-corrected chi connectivity index (χ3v) is 14.8. The Labute approximate surface area is 425 Å². The topological polar surface area (TPSA) is 228 Å². The molecule has 2 saturated heterocycles. The van der Waals surface area contributed by atoms with E-state index < -0.39 is 86.8 Å². The van der Waals surface area contributed by atoms with E-state index in [1.165, 1.54) is 173 Å². The SMILES string of the molecule is CCCCCCCCCCCCCCCCCCCCCCCCCCCCCCCCCC(=O)NC(COC1OC(CO)C(OC2OC(CO)C(O)C(O)C2O)C(O)C1O)C(O)CCCCCCC. The summed E-state index contributed by atoms with van der Waals surface area (Å²) >= 11 is 0. The van der Waals surface area contributed by atoms with Gasteiger partial charge >= 0.3 is 0 Å². The van der Waals surface area contributed by atoms with Crippen molar-refractivity contribution in [2.45, 2.75) is 331 Å². The largest absolute Gasteiger partial charge is 0.394 e. The van der Waals surface area contributed by atoms with Gasteiger partial charge in [-0.1, -0.05) is 239 Å². The molecule has 70 heavy (non-hydrogen) atoms. The molecule has 2 rings (SSSR count). The van der Waals surface area contributed by atoms with Crippen molar-refractivity contribution < 1.29 is 64.6 Å². The van der Waals surface area contributed by atoms with Crippen LogP contribution in [-0.2, 0) is 23.7 Å². The molecule has 0 spiro atoms. The maximum Gasteiger partial charge on any atom is 0.220 e. The van der Waals surface area contributed by atoms with Gasteiger partial charge in [0.25, 0.3) is 0 Å². The van der Waals surface area contributed by atoms with E-state index in [1.54, 1.807) is 0 Å². The van der Waals surface area contributed by atoms with Gasteiger partial charge in [0, 0.05) is 6.42 Å². The quantitative estimate of drug-likeness (QED) is 0.0259. The average Bonchev–Trinajstić information content (AvgIpc) is 3.36. The van der Waals surface area contributed by atoms with Crippen LogP contribution in [-0.4, -0.2) is 140 Å². The van der Waals surface area contributed by atoms with Gasteiger partial charge in [-0.2, -0.15) is 0 Å². The van der Waals surface area contributed by atoms with Crippen molar-refractivity contribution in [2.75, 3.05) is 19.8 Å². The van der Waals surface area contributed by atoms with Gasteiger partial charge in [-0.15, -0.1) is 0 Å². The van der Waals surface area contributed by atoms with Crippen LogP contribution in [0.5, 0.6) is 0 Å². The Hall–Kier alpha value is -1.01. The molecule has 0 aromatic heterocycles. The normalized spacial score (nSPS) is 25.9. The number of hydrogen-bond donors (Lipinski definition) is 9. The first-order valence-corrected chi connectivity index (χ1v) is 29.3. The van der Waals surface area contributed by atoms with Crippen molar-refractivity contribution in [3.05, 3.63) is 0 Å². The smallest absolute Gasteiger partial charge is 0.220 e. The number of aliphatic hydroxyl groups excluding tert-OH is 8. The molecule has 2 fully saturated rings. The van der Waals surface area contributed by atoms with Crippen molar-refractivity contribution in [1.82, 2.24) is 5.32 Å². The van der Waals surface area contributed by atoms with Crippen molar-refractivity contribution in [3.8, 4) is 0 Å². The van der Waals surface area contributed by atoms with Gasteiger partial charge in [0.1, 0.15) is 48.8 Å². The molecule has 0 bridgehead atoms. The van der Waals surface area contributed by atoms with Crippen LogP contribution >= 0.6 is 0 Å². The van der Waals surface area contributed by atoms with Crippen LogP contribution in [0.15, 0.2) is 0 Å². The van der Waals surface area contributed by atoms with E-state index in [-0.39, 0.29) is 12.5 Å². The summed E-state index contributed by atoms with van der Waals surface area (Å²) in [7, 11) is 0. The van der Waals surface area contributed by atoms with E-state index in [9.17, 15) is 45.6 Å². The van der Waals surface area contributed by atoms with Crippen molar-refractivity contribution in [3.63, 3.8) is 0 Å². The highest BCUT2D eigenvalue weighted by atomic mass is 16.7. The number of rotatable bonds is 47. The van der Waals surface area contributed by atoms with Crippen molar-refractivity contribution >= 4 is 5.91 Å². The van der Waals surface area contributed by atoms with E-state index in [0.29, 0.717) is 12.8 Å². The Bertz CT molecular complexity index is 1180. The van der Waals surface area contributed by atoms with Crippen LogP contribution in [0.2, 0.25) is 0 Å². The molecule has 12 unspecified atom stereocenters. The minimum atomic E-state index is -1.78. The monoisotopic (exact) mass is 1000 g/mol. The van der Waals surface area contributed by atoms with Crippen LogP contribution in [0.25, 0.3) is 0 Å². The van der Waals surface area contributed by atoms with E-state index in [1.807, 2.05) is 0 Å². The first-order chi connectivity index (χ1) is 34.1. The molecule has 416 valence electrons. The molecule has 2 aliphatic rings. The summed E-state index contributed by atoms with van der Waals surface area (Å²) in [5, 5.41) is 86.5. The molecule has 2 aliphatic heterocycles. The summed E-state index contributed by atoms with van der Waals surface area (Å²) in [6, 6.07) is -0.819. The molecule has 2 heterocycles. The van der Waals surface area contributed by atoms with Crippen LogP contribution in [0, 0.1) is 0 Å². The second-order valence-electron chi connectivity index (χ2n) is 21.1. The summed E-state index contributed by atoms with van der Waals surface area (Å²) in [6.45, 7) is 2.78. The molecule has 0 aromatic carbocycles. The van der Waals surface area contributed by atoms with E-state index in [2.05, 4.69) is 19.2 Å². The fraction of sp³-hybridized carbons (Fsp3) is 0.982. The summed E-state index contributed by atoms with van der Waals surface area (Å²) in [4.78, 5) is 13.1. The molecule has 0 aromatic rings. The predicted molar refractivity (Wildman–Crippen MR) is 277 cm³/mol. The van der Waals surface area contributed by atoms with Crippen LogP contribution in [0.3, 0.4) is 0 Å². The maximum atomic E-state index is 13.1. The first kappa shape index (κ1) is 65.1. The lowest BCUT2D eigenvalue weighted by atomic mass is 9.97. The second kappa shape index (κ2) is 43.3. The van der Waals surface area contributed by atoms with Gasteiger partial charge in [-0.05, 0) is 12.8 Å². The van der Waals surface area contributed by atoms with Gasteiger partial charge in [0.2, 0.25) is 5.91 Å². The van der Waals surface area contributed by atoms with E-state index in [4.69, 9.17) is 18.9 Å². The Kier molecular flexibility index (Phi) is 40.2. The van der Waals surface area contributed by atoms with E-state index >= 15 is 0 Å². The number of amides is 1. The Morgan fingerprint density at radius 2 is 0.814 bits per heavy atom. The Morgan fingerprint density at radius 3 is 1.21 bits per heavy atom. The maximum absolute atomic E-state index is 13.1. The number of hydrogen-bond acceptors (Lipinski definition) is 13. The molecular formula is C56H109NO13. The molecule has 0 saturated carbocycles. The van der Waals surface area contributed by atoms with E-state index in [0.717, 1.165) is 57.8 Å². The molecule has 0 aliphatic carbocycles. The molecule has 14 heteroatoms. The molecule has 9 N–H and O–H groups in total. The third-order valence-electron chi connectivity index (χ3n) is 14.8. The molecule has 12 atom stereocenters. The lowest BCUT2D eigenvalue weighted by molar-refractivity contribution is -0.359. The second-order valence-corrected chi connectivity index (χ2v) is 21.1. The molecular weight excluding hydrogens is 895 g/mol. The zero-order valence-corrected chi connectivity index (χ0v) is 44.5. The number of nitrogens with one attached hydrogen (secondary N) is 1. The lowest BCUT2D eigenvalue weighted by Crippen LogP contribution is -2.65. The first-order valence-electron chi connectivity index (χ1n) is 29.3. The number of aliphatic hydroxyl groups is 8. The van der Waals surface area contributed by atoms with Crippen LogP contribution < -0.4 is 5.32 Å². The third kappa shape index (κ3) is 29.2. The summed E-state index contributed by atoms with van der Waals surface area (Å²) < 4.78 is 22.6. The highest BCUT2D eigenvalue weighted by molar-refractivity contribution is 5.76. The number of carbonyl (C=O) groups excluding carboxylic acids is 1. The van der Waals surface area contributed by atoms with Gasteiger partial charge in [-0.25, -0.2) is 0 Å². The summed E-state index contributed by atoms with van der Waals surface area (Å²) in [5.41, 5.74) is 0. The fourth-order valence-electron chi connectivity index (χ4n) is 10.1. The summed E-state index contributed by atoms with van der Waals surface area (Å²) in [5.74, 6) is -0.208. The van der Waals surface area contributed by atoms with Crippen molar-refractivity contribution in [2.24, 2.45) is 0 Å². The van der Waals surface area contributed by atoms with Gasteiger partial charge in [0.05, 0.1) is 32.0 Å². The zero-order valence-electron chi connectivity index (χ0n) is 44.5. The minimum Gasteiger partial charge on any atom is -0.394 e. The highest BCUT2D eigenvalue weighted by Crippen LogP contribution is 2.30. The van der Waals surface area contributed by atoms with Crippen molar-refractivity contribution in [1.29, 1.82) is 0 Å². The standard InChI is InChI=1S/C56H109NO13/c1-3-5-7-9-10-11-12-13-14-15-16-17-18-19-20-21-22-23-24-25-26-27-28-29-30-31-32-33-34-36-38-40-48(61)57-44(45(60)39-37-35-8-6-4-2)43-67-55-53(66)51(64)54(47(42-59)69-55)70-56-52(65)50(63)49(62)46(41-58)68-56/h44-47,49-56,58-60,62-66H,3-43H2,1-2H3,(H,57,61). The predicted octanol–water partition coefficient (Wildman–Crippen LogP) is 9.34. The highest BCUT2D eigenvalue weighted by Gasteiger charge is 2.51. The number of ether oxygens (including phenoxy) is 4. The Morgan fingerprint density at radius 1 is 0.457 bits per heavy atom. The van der Waals surface area contributed by atoms with Crippen LogP contribution in [0.1, 0.15) is 258 Å². The Balaban J connectivity index is 1.53. The van der Waals surface area contributed by atoms with Gasteiger partial charge in [0.15, 0.2) is 12.6 Å².